The molecule has 0 aromatic heterocycles. The lowest BCUT2D eigenvalue weighted by molar-refractivity contribution is -0.116. The van der Waals surface area contributed by atoms with Crippen molar-refractivity contribution < 1.29 is 4.79 Å². The van der Waals surface area contributed by atoms with E-state index < -0.39 is 0 Å². The van der Waals surface area contributed by atoms with E-state index in [4.69, 9.17) is 0 Å². The van der Waals surface area contributed by atoms with Crippen molar-refractivity contribution in [3.8, 4) is 0 Å². The zero-order valence-electron chi connectivity index (χ0n) is 7.31. The topological polar surface area (TPSA) is 29.1 Å². The monoisotopic (exact) mass is 165 g/mol. The Bertz CT molecular complexity index is 172. The number of hydrogen-bond acceptors (Lipinski definition) is 1. The molecule has 0 aliphatic heterocycles. The van der Waals surface area contributed by atoms with Crippen molar-refractivity contribution in [1.29, 1.82) is 0 Å². The van der Waals surface area contributed by atoms with Crippen LogP contribution < -0.4 is 5.32 Å². The van der Waals surface area contributed by atoms with Crippen molar-refractivity contribution in [3.05, 3.63) is 37.5 Å². The Labute approximate surface area is 73.7 Å². The number of allylic oxidation sites excluding steroid dienone is 2. The van der Waals surface area contributed by atoms with Crippen LogP contribution in [0.3, 0.4) is 0 Å². The van der Waals surface area contributed by atoms with E-state index in [9.17, 15) is 4.79 Å². The summed E-state index contributed by atoms with van der Waals surface area (Å²) in [4.78, 5) is 10.7. The molecule has 0 atom stereocenters. The zero-order valence-corrected chi connectivity index (χ0v) is 7.31. The van der Waals surface area contributed by atoms with Gasteiger partial charge in [0, 0.05) is 6.54 Å². The lowest BCUT2D eigenvalue weighted by atomic mass is 10.1. The van der Waals surface area contributed by atoms with Gasteiger partial charge in [0.05, 0.1) is 0 Å². The summed E-state index contributed by atoms with van der Waals surface area (Å²) in [6.07, 6.45) is 4.77. The second kappa shape index (κ2) is 6.40. The Morgan fingerprint density at radius 2 is 2.00 bits per heavy atom. The van der Waals surface area contributed by atoms with Crippen molar-refractivity contribution in [2.75, 3.05) is 6.54 Å². The third-order valence-corrected chi connectivity index (χ3v) is 1.45. The molecule has 0 radical (unpaired) electrons. The lowest BCUT2D eigenvalue weighted by Gasteiger charge is -2.01. The molecule has 66 valence electrons. The van der Waals surface area contributed by atoms with Gasteiger partial charge in [-0.15, -0.1) is 0 Å². The molecule has 0 bridgehead atoms. The van der Waals surface area contributed by atoms with Crippen molar-refractivity contribution in [1.82, 2.24) is 5.32 Å². The molecule has 0 spiro atoms. The molecule has 0 fully saturated rings. The molecule has 0 aliphatic rings. The summed E-state index contributed by atoms with van der Waals surface area (Å²) in [7, 11) is 0. The Balaban J connectivity index is 3.32. The highest BCUT2D eigenvalue weighted by molar-refractivity contribution is 5.86. The van der Waals surface area contributed by atoms with E-state index in [-0.39, 0.29) is 5.91 Å². The van der Waals surface area contributed by atoms with E-state index in [0.29, 0.717) is 6.54 Å². The maximum atomic E-state index is 10.7. The maximum absolute atomic E-state index is 10.7. The maximum Gasteiger partial charge on any atom is 0.243 e. The quantitative estimate of drug-likeness (QED) is 0.363. The van der Waals surface area contributed by atoms with Crippen LogP contribution in [0.2, 0.25) is 0 Å². The molecule has 1 amide bonds. The van der Waals surface area contributed by atoms with Gasteiger partial charge in [0.25, 0.3) is 0 Å². The van der Waals surface area contributed by atoms with E-state index in [1.165, 1.54) is 6.08 Å². The SMILES string of the molecule is C=CC(=C)CCCNC(=O)C=C. The second-order valence-electron chi connectivity index (χ2n) is 2.46. The molecule has 2 nitrogen and oxygen atoms in total. The third kappa shape index (κ3) is 5.47. The lowest BCUT2D eigenvalue weighted by Crippen LogP contribution is -2.21. The fourth-order valence-electron chi connectivity index (χ4n) is 0.701. The average molecular weight is 165 g/mol. The highest BCUT2D eigenvalue weighted by atomic mass is 16.1. The standard InChI is InChI=1S/C10H15NO/c1-4-9(3)7-6-8-11-10(12)5-2/h4-5H,1-3,6-8H2,(H,11,12). The number of rotatable bonds is 6. The van der Waals surface area contributed by atoms with Crippen molar-refractivity contribution in [3.63, 3.8) is 0 Å². The van der Waals surface area contributed by atoms with Crippen LogP contribution >= 0.6 is 0 Å². The van der Waals surface area contributed by atoms with Gasteiger partial charge in [-0.2, -0.15) is 0 Å². The van der Waals surface area contributed by atoms with Crippen LogP contribution in [0.5, 0.6) is 0 Å². The third-order valence-electron chi connectivity index (χ3n) is 1.45. The van der Waals surface area contributed by atoms with Crippen molar-refractivity contribution in [2.45, 2.75) is 12.8 Å². The first-order valence-electron chi connectivity index (χ1n) is 3.91. The first-order valence-corrected chi connectivity index (χ1v) is 3.91. The van der Waals surface area contributed by atoms with Crippen LogP contribution in [0.4, 0.5) is 0 Å². The molecule has 0 unspecified atom stereocenters. The molecule has 0 aromatic carbocycles. The normalized spacial score (nSPS) is 8.67. The fourth-order valence-corrected chi connectivity index (χ4v) is 0.701. The van der Waals surface area contributed by atoms with Crippen LogP contribution in [0, 0.1) is 0 Å². The van der Waals surface area contributed by atoms with Crippen LogP contribution in [-0.2, 0) is 4.79 Å². The summed E-state index contributed by atoms with van der Waals surface area (Å²) < 4.78 is 0. The van der Waals surface area contributed by atoms with Gasteiger partial charge in [-0.25, -0.2) is 0 Å². The van der Waals surface area contributed by atoms with E-state index in [2.05, 4.69) is 25.1 Å². The Kier molecular flexibility index (Phi) is 5.70. The van der Waals surface area contributed by atoms with E-state index in [1.54, 1.807) is 6.08 Å². The van der Waals surface area contributed by atoms with Gasteiger partial charge in [0.2, 0.25) is 5.91 Å². The molecule has 0 saturated heterocycles. The molecule has 0 rings (SSSR count). The van der Waals surface area contributed by atoms with Gasteiger partial charge in [0.15, 0.2) is 0 Å². The predicted octanol–water partition coefficient (Wildman–Crippen LogP) is 1.81. The second-order valence-corrected chi connectivity index (χ2v) is 2.46. The summed E-state index contributed by atoms with van der Waals surface area (Å²) in [5, 5.41) is 2.68. The highest BCUT2D eigenvalue weighted by Crippen LogP contribution is 2.00. The van der Waals surface area contributed by atoms with Gasteiger partial charge in [-0.1, -0.05) is 31.4 Å². The minimum atomic E-state index is -0.126. The smallest absolute Gasteiger partial charge is 0.243 e. The summed E-state index contributed by atoms with van der Waals surface area (Å²) in [6, 6.07) is 0. The van der Waals surface area contributed by atoms with Crippen molar-refractivity contribution >= 4 is 5.91 Å². The minimum Gasteiger partial charge on any atom is -0.353 e. The van der Waals surface area contributed by atoms with Gasteiger partial charge in [-0.05, 0) is 18.9 Å². The summed E-state index contributed by atoms with van der Waals surface area (Å²) in [5.74, 6) is -0.126. The summed E-state index contributed by atoms with van der Waals surface area (Å²) >= 11 is 0. The molecule has 1 N–H and O–H groups in total. The fraction of sp³-hybridized carbons (Fsp3) is 0.300. The van der Waals surface area contributed by atoms with E-state index in [0.717, 1.165) is 18.4 Å². The van der Waals surface area contributed by atoms with Gasteiger partial charge in [-0.3, -0.25) is 4.79 Å². The van der Waals surface area contributed by atoms with Crippen LogP contribution in [0.25, 0.3) is 0 Å². The van der Waals surface area contributed by atoms with E-state index >= 15 is 0 Å². The Morgan fingerprint density at radius 1 is 1.33 bits per heavy atom. The number of nitrogens with one attached hydrogen (secondary N) is 1. The summed E-state index contributed by atoms with van der Waals surface area (Å²) in [5.41, 5.74) is 1.00. The summed E-state index contributed by atoms with van der Waals surface area (Å²) in [6.45, 7) is 11.4. The zero-order chi connectivity index (χ0) is 9.40. The van der Waals surface area contributed by atoms with Crippen LogP contribution in [0.15, 0.2) is 37.5 Å². The number of amides is 1. The largest absolute Gasteiger partial charge is 0.353 e. The molecule has 0 saturated carbocycles. The van der Waals surface area contributed by atoms with Crippen molar-refractivity contribution in [2.24, 2.45) is 0 Å². The van der Waals surface area contributed by atoms with Gasteiger partial charge >= 0.3 is 0 Å². The van der Waals surface area contributed by atoms with Crippen LogP contribution in [-0.4, -0.2) is 12.5 Å². The molecule has 0 aromatic rings. The van der Waals surface area contributed by atoms with E-state index in [1.807, 2.05) is 0 Å². The van der Waals surface area contributed by atoms with Crippen LogP contribution in [0.1, 0.15) is 12.8 Å². The molecule has 12 heavy (non-hydrogen) atoms. The first-order chi connectivity index (χ1) is 5.70. The Hall–Kier alpha value is -1.31. The average Bonchev–Trinajstić information content (AvgIpc) is 2.11. The molecule has 2 heteroatoms. The number of hydrogen-bond donors (Lipinski definition) is 1. The van der Waals surface area contributed by atoms with Gasteiger partial charge in [0.1, 0.15) is 0 Å². The predicted molar refractivity (Wildman–Crippen MR) is 51.8 cm³/mol. The first kappa shape index (κ1) is 10.7. The van der Waals surface area contributed by atoms with Gasteiger partial charge < -0.3 is 5.32 Å². The molecular formula is C10H15NO. The number of carbonyl (C=O) groups is 1. The molecule has 0 aliphatic carbocycles. The molecular weight excluding hydrogens is 150 g/mol. The highest BCUT2D eigenvalue weighted by Gasteiger charge is 1.92. The number of carbonyl (C=O) groups excluding carboxylic acids is 1. The Morgan fingerprint density at radius 3 is 2.50 bits per heavy atom. The minimum absolute atomic E-state index is 0.126. The molecule has 0 heterocycles.